The monoisotopic (exact) mass is 338 g/mol. The molecule has 1 aromatic heterocycles. The fourth-order valence-corrected chi connectivity index (χ4v) is 3.34. The molecule has 0 aliphatic carbocycles. The minimum Gasteiger partial charge on any atom is -0.444 e. The number of nitrogens with zero attached hydrogens (tertiary/aromatic N) is 4. The van der Waals surface area contributed by atoms with Gasteiger partial charge < -0.3 is 9.32 Å². The predicted molar refractivity (Wildman–Crippen MR) is 92.3 cm³/mol. The highest BCUT2D eigenvalue weighted by molar-refractivity contribution is 5.73. The first kappa shape index (κ1) is 17.2. The topological polar surface area (TPSA) is 73.4 Å². The van der Waals surface area contributed by atoms with Gasteiger partial charge in [0, 0.05) is 32.6 Å². The summed E-state index contributed by atoms with van der Waals surface area (Å²) in [5.74, 6) is 1.35. The van der Waals surface area contributed by atoms with E-state index in [1.54, 1.807) is 13.1 Å². The standard InChI is InChI=1S/C19H22N4O2/c1-14-10-21-19(25-14)13-23(15(2)24)18-7-8-22(12-18)11-17-6-4-3-5-16(17)9-20/h3-6,10,18H,7-8,11-13H2,1-2H3/t18-/m1/s1. The van der Waals surface area contributed by atoms with E-state index in [1.165, 1.54) is 0 Å². The molecular weight excluding hydrogens is 316 g/mol. The fraction of sp³-hybridized carbons (Fsp3) is 0.421. The number of benzene rings is 1. The number of carbonyl (C=O) groups is 1. The maximum Gasteiger partial charge on any atom is 0.220 e. The van der Waals surface area contributed by atoms with Crippen molar-refractivity contribution in [3.05, 3.63) is 53.2 Å². The zero-order valence-electron chi connectivity index (χ0n) is 14.6. The number of amides is 1. The lowest BCUT2D eigenvalue weighted by Crippen LogP contribution is -2.40. The smallest absolute Gasteiger partial charge is 0.220 e. The minimum atomic E-state index is 0.0279. The molecule has 0 N–H and O–H groups in total. The van der Waals surface area contributed by atoms with Crippen LogP contribution < -0.4 is 0 Å². The Kier molecular flexibility index (Phi) is 5.15. The van der Waals surface area contributed by atoms with Gasteiger partial charge in [-0.15, -0.1) is 0 Å². The number of hydrogen-bond donors (Lipinski definition) is 0. The Morgan fingerprint density at radius 3 is 2.96 bits per heavy atom. The maximum atomic E-state index is 12.1. The second-order valence-electron chi connectivity index (χ2n) is 6.46. The average Bonchev–Trinajstić information content (AvgIpc) is 3.22. The first-order valence-electron chi connectivity index (χ1n) is 8.45. The molecule has 0 bridgehead atoms. The second-order valence-corrected chi connectivity index (χ2v) is 6.46. The zero-order valence-corrected chi connectivity index (χ0v) is 14.6. The van der Waals surface area contributed by atoms with Gasteiger partial charge in [0.2, 0.25) is 11.8 Å². The van der Waals surface area contributed by atoms with Crippen molar-refractivity contribution in [2.45, 2.75) is 39.4 Å². The summed E-state index contributed by atoms with van der Waals surface area (Å²) in [6, 6.07) is 10.1. The van der Waals surface area contributed by atoms with Crippen molar-refractivity contribution in [3.8, 4) is 6.07 Å². The zero-order chi connectivity index (χ0) is 17.8. The summed E-state index contributed by atoms with van der Waals surface area (Å²) in [5, 5.41) is 9.23. The van der Waals surface area contributed by atoms with Crippen LogP contribution in [0.4, 0.5) is 0 Å². The summed E-state index contributed by atoms with van der Waals surface area (Å²) in [5.41, 5.74) is 1.74. The number of nitriles is 1. The number of oxazole rings is 1. The molecule has 2 aromatic rings. The average molecular weight is 338 g/mol. The van der Waals surface area contributed by atoms with E-state index in [1.807, 2.05) is 36.1 Å². The Bertz CT molecular complexity index is 793. The largest absolute Gasteiger partial charge is 0.444 e. The number of aromatic nitrogens is 1. The van der Waals surface area contributed by atoms with Gasteiger partial charge >= 0.3 is 0 Å². The molecule has 0 saturated carbocycles. The molecule has 130 valence electrons. The Morgan fingerprint density at radius 2 is 2.28 bits per heavy atom. The van der Waals surface area contributed by atoms with Crippen molar-refractivity contribution >= 4 is 5.91 Å². The minimum absolute atomic E-state index is 0.0279. The Morgan fingerprint density at radius 1 is 1.48 bits per heavy atom. The van der Waals surface area contributed by atoms with Gasteiger partial charge in [-0.1, -0.05) is 18.2 Å². The van der Waals surface area contributed by atoms with Crippen LogP contribution >= 0.6 is 0 Å². The lowest BCUT2D eigenvalue weighted by atomic mass is 10.1. The lowest BCUT2D eigenvalue weighted by molar-refractivity contribution is -0.132. The third-order valence-corrected chi connectivity index (χ3v) is 4.60. The first-order valence-corrected chi connectivity index (χ1v) is 8.45. The molecule has 3 rings (SSSR count). The van der Waals surface area contributed by atoms with E-state index in [9.17, 15) is 10.1 Å². The van der Waals surface area contributed by atoms with E-state index in [2.05, 4.69) is 16.0 Å². The first-order chi connectivity index (χ1) is 12.1. The van der Waals surface area contributed by atoms with E-state index in [0.717, 1.165) is 37.4 Å². The Hall–Kier alpha value is -2.65. The number of rotatable bonds is 5. The van der Waals surface area contributed by atoms with Gasteiger partial charge in [0.15, 0.2) is 0 Å². The molecule has 1 amide bonds. The summed E-state index contributed by atoms with van der Waals surface area (Å²) in [6.07, 6.45) is 2.58. The number of aryl methyl sites for hydroxylation is 1. The van der Waals surface area contributed by atoms with Crippen LogP contribution in [-0.2, 0) is 17.9 Å². The van der Waals surface area contributed by atoms with Gasteiger partial charge in [0.05, 0.1) is 24.4 Å². The number of likely N-dealkylation sites (tertiary alicyclic amines) is 1. The molecule has 0 spiro atoms. The van der Waals surface area contributed by atoms with Gasteiger partial charge in [-0.25, -0.2) is 4.98 Å². The van der Waals surface area contributed by atoms with Crippen molar-refractivity contribution in [3.63, 3.8) is 0 Å². The van der Waals surface area contributed by atoms with Crippen LogP contribution in [0.1, 0.15) is 36.1 Å². The summed E-state index contributed by atoms with van der Waals surface area (Å²) in [6.45, 7) is 6.25. The van der Waals surface area contributed by atoms with Crippen molar-refractivity contribution in [1.82, 2.24) is 14.8 Å². The van der Waals surface area contributed by atoms with Gasteiger partial charge in [-0.2, -0.15) is 5.26 Å². The van der Waals surface area contributed by atoms with E-state index in [-0.39, 0.29) is 11.9 Å². The molecule has 1 aliphatic heterocycles. The maximum absolute atomic E-state index is 12.1. The molecule has 1 aromatic carbocycles. The predicted octanol–water partition coefficient (Wildman–Crippen LogP) is 2.48. The molecule has 1 aliphatic rings. The van der Waals surface area contributed by atoms with Crippen LogP contribution in [0.25, 0.3) is 0 Å². The Labute approximate surface area is 147 Å². The van der Waals surface area contributed by atoms with Gasteiger partial charge in [-0.3, -0.25) is 9.69 Å². The fourth-order valence-electron chi connectivity index (χ4n) is 3.34. The van der Waals surface area contributed by atoms with E-state index in [4.69, 9.17) is 4.42 Å². The van der Waals surface area contributed by atoms with Crippen LogP contribution in [0.5, 0.6) is 0 Å². The molecule has 1 fully saturated rings. The van der Waals surface area contributed by atoms with Crippen LogP contribution in [-0.4, -0.2) is 39.8 Å². The molecule has 0 unspecified atom stereocenters. The highest BCUT2D eigenvalue weighted by atomic mass is 16.4. The highest BCUT2D eigenvalue weighted by Gasteiger charge is 2.30. The molecule has 2 heterocycles. The third kappa shape index (κ3) is 4.06. The van der Waals surface area contributed by atoms with Crippen LogP contribution in [0.3, 0.4) is 0 Å². The molecule has 25 heavy (non-hydrogen) atoms. The summed E-state index contributed by atoms with van der Waals surface area (Å²) in [7, 11) is 0. The number of hydrogen-bond acceptors (Lipinski definition) is 5. The van der Waals surface area contributed by atoms with Crippen LogP contribution in [0.2, 0.25) is 0 Å². The van der Waals surface area contributed by atoms with Crippen LogP contribution in [0.15, 0.2) is 34.9 Å². The molecule has 1 atom stereocenters. The quantitative estimate of drug-likeness (QED) is 0.837. The summed E-state index contributed by atoms with van der Waals surface area (Å²) >= 11 is 0. The normalized spacial score (nSPS) is 17.4. The molecule has 1 saturated heterocycles. The lowest BCUT2D eigenvalue weighted by Gasteiger charge is -2.27. The van der Waals surface area contributed by atoms with E-state index in [0.29, 0.717) is 18.0 Å². The Balaban J connectivity index is 1.65. The second kappa shape index (κ2) is 7.49. The van der Waals surface area contributed by atoms with Crippen molar-refractivity contribution < 1.29 is 9.21 Å². The van der Waals surface area contributed by atoms with Crippen LogP contribution in [0, 0.1) is 18.3 Å². The third-order valence-electron chi connectivity index (χ3n) is 4.60. The summed E-state index contributed by atoms with van der Waals surface area (Å²) < 4.78 is 5.52. The summed E-state index contributed by atoms with van der Waals surface area (Å²) in [4.78, 5) is 20.4. The van der Waals surface area contributed by atoms with Crippen molar-refractivity contribution in [2.24, 2.45) is 0 Å². The van der Waals surface area contributed by atoms with Gasteiger partial charge in [0.25, 0.3) is 0 Å². The van der Waals surface area contributed by atoms with E-state index < -0.39 is 0 Å². The molecule has 6 heteroatoms. The van der Waals surface area contributed by atoms with Crippen molar-refractivity contribution in [1.29, 1.82) is 5.26 Å². The van der Waals surface area contributed by atoms with E-state index >= 15 is 0 Å². The SMILES string of the molecule is CC(=O)N(Cc1ncc(C)o1)[C@@H]1CCN(Cc2ccccc2C#N)C1. The highest BCUT2D eigenvalue weighted by Crippen LogP contribution is 2.21. The molecular formula is C19H22N4O2. The molecule has 0 radical (unpaired) electrons. The van der Waals surface area contributed by atoms with Gasteiger partial charge in [0.1, 0.15) is 5.76 Å². The van der Waals surface area contributed by atoms with Gasteiger partial charge in [-0.05, 0) is 25.0 Å². The molecule has 6 nitrogen and oxygen atoms in total. The van der Waals surface area contributed by atoms with Crippen molar-refractivity contribution in [2.75, 3.05) is 13.1 Å². The number of carbonyl (C=O) groups excluding carboxylic acids is 1.